The molecular weight excluding hydrogens is 443 g/mol. The summed E-state index contributed by atoms with van der Waals surface area (Å²) in [4.78, 5) is 14.7. The summed E-state index contributed by atoms with van der Waals surface area (Å²) in [6, 6.07) is 13.7. The van der Waals surface area contributed by atoms with Gasteiger partial charge < -0.3 is 10.6 Å². The zero-order valence-electron chi connectivity index (χ0n) is 11.2. The maximum absolute atomic E-state index is 12.9. The van der Waals surface area contributed by atoms with Crippen molar-refractivity contribution in [3.8, 4) is 0 Å². The summed E-state index contributed by atoms with van der Waals surface area (Å²) in [5.41, 5.74) is 8.93. The smallest absolute Gasteiger partial charge is 0.259 e. The lowest BCUT2D eigenvalue weighted by atomic mass is 9.97. The lowest BCUT2D eigenvalue weighted by Crippen LogP contribution is -2.46. The Labute approximate surface area is 145 Å². The van der Waals surface area contributed by atoms with Crippen LogP contribution in [-0.4, -0.2) is 18.5 Å². The summed E-state index contributed by atoms with van der Waals surface area (Å²) >= 11 is 5.63. The summed E-state index contributed by atoms with van der Waals surface area (Å²) in [7, 11) is 0. The molecule has 2 aromatic rings. The molecule has 0 radical (unpaired) electrons. The Bertz CT molecular complexity index is 704. The Hall–Kier alpha value is -0.920. The van der Waals surface area contributed by atoms with Gasteiger partial charge in [-0.1, -0.05) is 34.1 Å². The van der Waals surface area contributed by atoms with E-state index in [1.807, 2.05) is 42.5 Å². The number of hydrogen-bond donors (Lipinski definition) is 1. The van der Waals surface area contributed by atoms with E-state index in [9.17, 15) is 4.79 Å². The zero-order chi connectivity index (χ0) is 15.0. The number of para-hydroxylation sites is 1. The lowest BCUT2D eigenvalue weighted by molar-refractivity contribution is 0.0982. The first-order valence-electron chi connectivity index (χ1n) is 6.66. The molecule has 3 rings (SSSR count). The van der Waals surface area contributed by atoms with Gasteiger partial charge in [-0.15, -0.1) is 0 Å². The highest BCUT2D eigenvalue weighted by atomic mass is 127. The van der Waals surface area contributed by atoms with E-state index in [0.717, 1.165) is 25.7 Å². The molecule has 1 aliphatic rings. The molecule has 1 heterocycles. The van der Waals surface area contributed by atoms with Gasteiger partial charge in [0.25, 0.3) is 5.91 Å². The molecule has 0 bridgehead atoms. The molecule has 1 atom stereocenters. The fourth-order valence-electron chi connectivity index (χ4n) is 2.63. The summed E-state index contributed by atoms with van der Waals surface area (Å²) in [5, 5.41) is 0. The second-order valence-corrected chi connectivity index (χ2v) is 7.21. The summed E-state index contributed by atoms with van der Waals surface area (Å²) in [5.74, 6) is 0.00306. The number of hydrogen-bond acceptors (Lipinski definition) is 2. The quantitative estimate of drug-likeness (QED) is 0.666. The Morgan fingerprint density at radius 1 is 1.29 bits per heavy atom. The fourth-order valence-corrected chi connectivity index (χ4v) is 3.55. The lowest BCUT2D eigenvalue weighted by Gasteiger charge is -2.33. The fraction of sp³-hybridized carbons (Fsp3) is 0.188. The van der Waals surface area contributed by atoms with Crippen molar-refractivity contribution < 1.29 is 4.79 Å². The van der Waals surface area contributed by atoms with Crippen molar-refractivity contribution in [3.05, 3.63) is 61.6 Å². The molecule has 0 saturated heterocycles. The average Bonchev–Trinajstić information content (AvgIpc) is 2.48. The molecule has 1 amide bonds. The van der Waals surface area contributed by atoms with Crippen LogP contribution in [-0.2, 0) is 6.42 Å². The Balaban J connectivity index is 2.04. The van der Waals surface area contributed by atoms with Crippen LogP contribution in [0.5, 0.6) is 0 Å². The molecule has 5 heteroatoms. The summed E-state index contributed by atoms with van der Waals surface area (Å²) < 4.78 is 1.85. The van der Waals surface area contributed by atoms with Crippen molar-refractivity contribution in [1.29, 1.82) is 0 Å². The van der Waals surface area contributed by atoms with Crippen LogP contribution in [0.1, 0.15) is 15.9 Å². The number of carbonyl (C=O) groups excluding carboxylic acids is 1. The van der Waals surface area contributed by atoms with Gasteiger partial charge in [-0.3, -0.25) is 4.79 Å². The number of rotatable bonds is 1. The molecule has 21 heavy (non-hydrogen) atoms. The monoisotopic (exact) mass is 456 g/mol. The normalized spacial score (nSPS) is 17.5. The van der Waals surface area contributed by atoms with E-state index in [1.54, 1.807) is 4.90 Å². The molecule has 0 spiro atoms. The molecule has 0 saturated carbocycles. The van der Waals surface area contributed by atoms with Gasteiger partial charge >= 0.3 is 0 Å². The molecular formula is C16H14BrIN2O. The molecule has 1 unspecified atom stereocenters. The van der Waals surface area contributed by atoms with Crippen LogP contribution in [0, 0.1) is 3.57 Å². The Morgan fingerprint density at radius 2 is 2.05 bits per heavy atom. The van der Waals surface area contributed by atoms with Gasteiger partial charge in [-0.05, 0) is 58.8 Å². The molecule has 3 nitrogen and oxygen atoms in total. The van der Waals surface area contributed by atoms with E-state index in [1.165, 1.54) is 0 Å². The largest absolute Gasteiger partial charge is 0.326 e. The van der Waals surface area contributed by atoms with E-state index in [4.69, 9.17) is 5.73 Å². The number of fused-ring (bicyclic) bond motifs is 1. The minimum absolute atomic E-state index is 0.00306. The van der Waals surface area contributed by atoms with Gasteiger partial charge in [-0.2, -0.15) is 0 Å². The maximum atomic E-state index is 12.9. The van der Waals surface area contributed by atoms with Crippen LogP contribution in [0.2, 0.25) is 0 Å². The second kappa shape index (κ2) is 6.06. The Morgan fingerprint density at radius 3 is 2.86 bits per heavy atom. The Kier molecular flexibility index (Phi) is 4.33. The van der Waals surface area contributed by atoms with Crippen molar-refractivity contribution in [2.24, 2.45) is 5.73 Å². The second-order valence-electron chi connectivity index (χ2n) is 5.13. The summed E-state index contributed by atoms with van der Waals surface area (Å²) in [6.07, 6.45) is 0.815. The van der Waals surface area contributed by atoms with Crippen LogP contribution in [0.25, 0.3) is 0 Å². The van der Waals surface area contributed by atoms with Crippen molar-refractivity contribution in [2.75, 3.05) is 11.4 Å². The topological polar surface area (TPSA) is 46.3 Å². The predicted molar refractivity (Wildman–Crippen MR) is 96.7 cm³/mol. The van der Waals surface area contributed by atoms with Crippen molar-refractivity contribution in [3.63, 3.8) is 0 Å². The minimum atomic E-state index is -0.0198. The number of benzene rings is 2. The number of nitrogens with two attached hydrogens (primary N) is 1. The van der Waals surface area contributed by atoms with Crippen LogP contribution < -0.4 is 10.6 Å². The van der Waals surface area contributed by atoms with Crippen molar-refractivity contribution in [2.45, 2.75) is 12.5 Å². The van der Waals surface area contributed by atoms with Crippen LogP contribution in [0.3, 0.4) is 0 Å². The maximum Gasteiger partial charge on any atom is 0.259 e. The van der Waals surface area contributed by atoms with Gasteiger partial charge in [0.1, 0.15) is 0 Å². The molecule has 1 aliphatic heterocycles. The van der Waals surface area contributed by atoms with Crippen molar-refractivity contribution in [1.82, 2.24) is 0 Å². The number of amides is 1. The SMILES string of the molecule is NC1Cc2ccccc2N(C(=O)c2cc(Br)ccc2I)C1. The van der Waals surface area contributed by atoms with Crippen LogP contribution in [0.4, 0.5) is 5.69 Å². The van der Waals surface area contributed by atoms with Gasteiger partial charge in [-0.25, -0.2) is 0 Å². The first kappa shape index (κ1) is 15.0. The first-order valence-corrected chi connectivity index (χ1v) is 8.54. The average molecular weight is 457 g/mol. The van der Waals surface area contributed by atoms with E-state index < -0.39 is 0 Å². The van der Waals surface area contributed by atoms with Crippen molar-refractivity contribution >= 4 is 50.1 Å². The van der Waals surface area contributed by atoms with Gasteiger partial charge in [0.05, 0.1) is 5.56 Å². The third-order valence-electron chi connectivity index (χ3n) is 3.59. The number of anilines is 1. The van der Waals surface area contributed by atoms with Crippen LogP contribution >= 0.6 is 38.5 Å². The zero-order valence-corrected chi connectivity index (χ0v) is 15.0. The van der Waals surface area contributed by atoms with Gasteiger partial charge in [0.15, 0.2) is 0 Å². The highest BCUT2D eigenvalue weighted by molar-refractivity contribution is 14.1. The molecule has 2 N–H and O–H groups in total. The van der Waals surface area contributed by atoms with E-state index in [-0.39, 0.29) is 11.9 Å². The van der Waals surface area contributed by atoms with E-state index in [0.29, 0.717) is 12.1 Å². The summed E-state index contributed by atoms with van der Waals surface area (Å²) in [6.45, 7) is 0.554. The van der Waals surface area contributed by atoms with Crippen LogP contribution in [0.15, 0.2) is 46.9 Å². The van der Waals surface area contributed by atoms with Gasteiger partial charge in [0, 0.05) is 26.3 Å². The minimum Gasteiger partial charge on any atom is -0.326 e. The number of nitrogens with zero attached hydrogens (tertiary/aromatic N) is 1. The third kappa shape index (κ3) is 3.00. The molecule has 108 valence electrons. The van der Waals surface area contributed by atoms with Gasteiger partial charge in [0.2, 0.25) is 0 Å². The standard InChI is InChI=1S/C16H14BrIN2O/c17-11-5-6-14(18)13(8-11)16(21)20-9-12(19)7-10-3-1-2-4-15(10)20/h1-6,8,12H,7,9,19H2. The highest BCUT2D eigenvalue weighted by Gasteiger charge is 2.28. The number of carbonyl (C=O) groups is 1. The number of halogens is 2. The van der Waals surface area contributed by atoms with E-state index >= 15 is 0 Å². The molecule has 2 aromatic carbocycles. The third-order valence-corrected chi connectivity index (χ3v) is 5.02. The predicted octanol–water partition coefficient (Wildman–Crippen LogP) is 3.58. The highest BCUT2D eigenvalue weighted by Crippen LogP contribution is 2.29. The first-order chi connectivity index (χ1) is 10.1. The van der Waals surface area contributed by atoms with E-state index in [2.05, 4.69) is 38.5 Å². The molecule has 0 aliphatic carbocycles. The molecule has 0 fully saturated rings. The molecule has 0 aromatic heterocycles.